The topological polar surface area (TPSA) is 124 Å². The van der Waals surface area contributed by atoms with Gasteiger partial charge in [-0.25, -0.2) is 4.98 Å². The summed E-state index contributed by atoms with van der Waals surface area (Å²) in [5.74, 6) is 2.79. The van der Waals surface area contributed by atoms with Gasteiger partial charge in [0.05, 0.1) is 50.1 Å². The maximum atomic E-state index is 14.4. The van der Waals surface area contributed by atoms with Crippen LogP contribution >= 0.6 is 11.8 Å². The standard InChI is InChI=1S/C38H45N5O6S/c1-22(44)39-26-15-13-23-20-33(47-3)35(48-4)36(49-5)34(23)24-14-16-28(32(45)21-25(24)26)40-29(17-19-50-6)38(46)43-18-9-12-31(43)37-41-27-10-7-8-11-30(27)42(37)2/h7-8,10-11,14,16,20-21,26,29,31H,9,12-13,15,17-19H2,1-6H3,(H,39,44)(H,40,45). The summed E-state index contributed by atoms with van der Waals surface area (Å²) < 4.78 is 19.4. The lowest BCUT2D eigenvalue weighted by Crippen LogP contribution is -2.44. The van der Waals surface area contributed by atoms with Crippen molar-refractivity contribution in [2.45, 2.75) is 57.2 Å². The van der Waals surface area contributed by atoms with Gasteiger partial charge in [0.2, 0.25) is 23.0 Å². The van der Waals surface area contributed by atoms with Crippen molar-refractivity contribution in [3.63, 3.8) is 0 Å². The van der Waals surface area contributed by atoms with E-state index in [0.29, 0.717) is 54.3 Å². The summed E-state index contributed by atoms with van der Waals surface area (Å²) in [7, 11) is 6.71. The van der Waals surface area contributed by atoms with Gasteiger partial charge in [-0.3, -0.25) is 14.4 Å². The number of carbonyl (C=O) groups is 2. The lowest BCUT2D eigenvalue weighted by atomic mass is 9.95. The number of para-hydroxylation sites is 2. The summed E-state index contributed by atoms with van der Waals surface area (Å²) in [6, 6.07) is 13.9. The second-order valence-corrected chi connectivity index (χ2v) is 13.8. The van der Waals surface area contributed by atoms with E-state index in [1.807, 2.05) is 54.6 Å². The number of nitrogens with zero attached hydrogens (tertiary/aromatic N) is 3. The first kappa shape index (κ1) is 35.1. The van der Waals surface area contributed by atoms with E-state index in [-0.39, 0.29) is 23.3 Å². The van der Waals surface area contributed by atoms with Gasteiger partial charge in [-0.05, 0) is 91.1 Å². The molecule has 3 atom stereocenters. The zero-order valence-corrected chi connectivity index (χ0v) is 30.3. The molecule has 6 rings (SSSR count). The Morgan fingerprint density at radius 2 is 1.82 bits per heavy atom. The minimum atomic E-state index is -0.634. The van der Waals surface area contributed by atoms with Crippen LogP contribution in [0.15, 0.2) is 53.3 Å². The number of aromatic nitrogens is 2. The van der Waals surface area contributed by atoms with Gasteiger partial charge >= 0.3 is 0 Å². The molecule has 0 radical (unpaired) electrons. The van der Waals surface area contributed by atoms with Gasteiger partial charge in [-0.15, -0.1) is 0 Å². The molecule has 2 aliphatic rings. The minimum absolute atomic E-state index is 0.0546. The van der Waals surface area contributed by atoms with Crippen LogP contribution in [0, 0.1) is 0 Å². The Morgan fingerprint density at radius 3 is 2.52 bits per heavy atom. The average Bonchev–Trinajstić information content (AvgIpc) is 3.65. The van der Waals surface area contributed by atoms with Crippen LogP contribution in [0.5, 0.6) is 17.2 Å². The molecule has 0 bridgehead atoms. The molecular weight excluding hydrogens is 655 g/mol. The lowest BCUT2D eigenvalue weighted by Gasteiger charge is -2.29. The van der Waals surface area contributed by atoms with E-state index in [9.17, 15) is 14.4 Å². The quantitative estimate of drug-likeness (QED) is 0.205. The fourth-order valence-electron chi connectivity index (χ4n) is 7.47. The predicted octanol–water partition coefficient (Wildman–Crippen LogP) is 5.65. The highest BCUT2D eigenvalue weighted by Gasteiger charge is 2.37. The van der Waals surface area contributed by atoms with E-state index in [1.165, 1.54) is 6.92 Å². The first-order valence-electron chi connectivity index (χ1n) is 17.0. The first-order chi connectivity index (χ1) is 24.2. The SMILES string of the molecule is COc1cc2c(c(OC)c1OC)-c1ccc(NC(CCSC)C(=O)N3CCCC3c3nc4ccccc4n3C)c(=O)cc1C(NC(C)=O)CC2. The van der Waals surface area contributed by atoms with E-state index >= 15 is 0 Å². The Labute approximate surface area is 296 Å². The van der Waals surface area contributed by atoms with Gasteiger partial charge in [0.25, 0.3) is 0 Å². The third-order valence-electron chi connectivity index (χ3n) is 9.81. The van der Waals surface area contributed by atoms with Crippen molar-refractivity contribution in [1.82, 2.24) is 19.8 Å². The normalized spacial score (nSPS) is 17.4. The van der Waals surface area contributed by atoms with E-state index in [0.717, 1.165) is 52.1 Å². The molecule has 1 aliphatic carbocycles. The number of methoxy groups -OCH3 is 3. The number of anilines is 1. The summed E-state index contributed by atoms with van der Waals surface area (Å²) in [6.07, 6.45) is 5.38. The van der Waals surface area contributed by atoms with Gasteiger partial charge in [-0.2, -0.15) is 11.8 Å². The maximum Gasteiger partial charge on any atom is 0.245 e. The number of thioether (sulfide) groups is 1. The molecule has 264 valence electrons. The fourth-order valence-corrected chi connectivity index (χ4v) is 7.94. The minimum Gasteiger partial charge on any atom is -0.493 e. The van der Waals surface area contributed by atoms with Gasteiger partial charge in [0.1, 0.15) is 11.9 Å². The Morgan fingerprint density at radius 1 is 1.04 bits per heavy atom. The monoisotopic (exact) mass is 699 g/mol. The third kappa shape index (κ3) is 6.60. The summed E-state index contributed by atoms with van der Waals surface area (Å²) in [5.41, 5.74) is 5.06. The second kappa shape index (κ2) is 15.0. The van der Waals surface area contributed by atoms with Crippen LogP contribution in [-0.4, -0.2) is 72.2 Å². The van der Waals surface area contributed by atoms with Crippen molar-refractivity contribution in [2.24, 2.45) is 7.05 Å². The zero-order valence-electron chi connectivity index (χ0n) is 29.5. The van der Waals surface area contributed by atoms with Crippen molar-refractivity contribution >= 4 is 40.3 Å². The van der Waals surface area contributed by atoms with Gasteiger partial charge in [0, 0.05) is 26.1 Å². The van der Waals surface area contributed by atoms with E-state index in [4.69, 9.17) is 19.2 Å². The average molecular weight is 700 g/mol. The molecule has 11 nitrogen and oxygen atoms in total. The van der Waals surface area contributed by atoms with Crippen LogP contribution in [0.1, 0.15) is 61.6 Å². The number of hydrogen-bond acceptors (Lipinski definition) is 9. The molecular formula is C38H45N5O6S. The molecule has 0 spiro atoms. The number of aryl methyl sites for hydroxylation is 2. The van der Waals surface area contributed by atoms with E-state index < -0.39 is 12.1 Å². The number of imidazole rings is 1. The van der Waals surface area contributed by atoms with Crippen LogP contribution in [0.3, 0.4) is 0 Å². The third-order valence-corrected chi connectivity index (χ3v) is 10.5. The predicted molar refractivity (Wildman–Crippen MR) is 197 cm³/mol. The van der Waals surface area contributed by atoms with E-state index in [2.05, 4.69) is 15.2 Å². The van der Waals surface area contributed by atoms with Crippen LogP contribution in [0.4, 0.5) is 5.69 Å². The number of carbonyl (C=O) groups excluding carboxylic acids is 2. The number of nitrogens with one attached hydrogen (secondary N) is 2. The first-order valence-corrected chi connectivity index (χ1v) is 18.3. The molecule has 2 amide bonds. The number of benzene rings is 2. The van der Waals surface area contributed by atoms with Crippen LogP contribution < -0.4 is 30.3 Å². The number of amides is 2. The summed E-state index contributed by atoms with van der Waals surface area (Å²) in [6.45, 7) is 2.09. The lowest BCUT2D eigenvalue weighted by molar-refractivity contribution is -0.133. The van der Waals surface area contributed by atoms with Gasteiger partial charge in [-0.1, -0.05) is 18.2 Å². The molecule has 3 aromatic carbocycles. The van der Waals surface area contributed by atoms with Crippen LogP contribution in [0.25, 0.3) is 22.2 Å². The number of rotatable bonds is 11. The number of ether oxygens (including phenoxy) is 3. The maximum absolute atomic E-state index is 14.4. The van der Waals surface area contributed by atoms with Crippen LogP contribution in [-0.2, 0) is 23.1 Å². The molecule has 0 saturated carbocycles. The Balaban J connectivity index is 1.41. The summed E-state index contributed by atoms with van der Waals surface area (Å²) in [5, 5.41) is 6.43. The highest BCUT2D eigenvalue weighted by atomic mass is 32.2. The molecule has 12 heteroatoms. The molecule has 3 unspecified atom stereocenters. The Hall–Kier alpha value is -4.71. The van der Waals surface area contributed by atoms with Crippen molar-refractivity contribution in [2.75, 3.05) is 45.2 Å². The van der Waals surface area contributed by atoms with Crippen molar-refractivity contribution < 1.29 is 23.8 Å². The molecule has 4 aromatic rings. The molecule has 1 aromatic heterocycles. The fraction of sp³-hybridized carbons (Fsp3) is 0.421. The van der Waals surface area contributed by atoms with Gasteiger partial charge in [0.15, 0.2) is 11.5 Å². The number of hydrogen-bond donors (Lipinski definition) is 2. The molecule has 1 saturated heterocycles. The van der Waals surface area contributed by atoms with Crippen molar-refractivity contribution in [1.29, 1.82) is 0 Å². The Bertz CT molecular complexity index is 1980. The molecule has 50 heavy (non-hydrogen) atoms. The van der Waals surface area contributed by atoms with Crippen LogP contribution in [0.2, 0.25) is 0 Å². The highest BCUT2D eigenvalue weighted by Crippen LogP contribution is 2.50. The highest BCUT2D eigenvalue weighted by molar-refractivity contribution is 7.98. The molecule has 1 fully saturated rings. The molecule has 2 N–H and O–H groups in total. The van der Waals surface area contributed by atoms with Crippen molar-refractivity contribution in [3.05, 3.63) is 75.7 Å². The van der Waals surface area contributed by atoms with Gasteiger partial charge < -0.3 is 34.3 Å². The second-order valence-electron chi connectivity index (χ2n) is 12.8. The number of likely N-dealkylation sites (tertiary alicyclic amines) is 1. The number of fused-ring (bicyclic) bond motifs is 4. The summed E-state index contributed by atoms with van der Waals surface area (Å²) >= 11 is 1.66. The molecule has 2 heterocycles. The largest absolute Gasteiger partial charge is 0.493 e. The summed E-state index contributed by atoms with van der Waals surface area (Å²) in [4.78, 5) is 47.8. The zero-order chi connectivity index (χ0) is 35.5. The Kier molecular flexibility index (Phi) is 10.6. The smallest absolute Gasteiger partial charge is 0.245 e. The van der Waals surface area contributed by atoms with Crippen molar-refractivity contribution in [3.8, 4) is 28.4 Å². The molecule has 1 aliphatic heterocycles. The van der Waals surface area contributed by atoms with E-state index in [1.54, 1.807) is 45.2 Å².